The van der Waals surface area contributed by atoms with E-state index >= 15 is 0 Å². The smallest absolute Gasteiger partial charge is 0.410 e. The summed E-state index contributed by atoms with van der Waals surface area (Å²) in [4.78, 5) is 25.1. The Kier molecular flexibility index (Phi) is 5.54. The number of carbonyl (C=O) groups is 1. The minimum atomic E-state index is -0.495. The molecule has 0 aliphatic carbocycles. The Morgan fingerprint density at radius 2 is 2.04 bits per heavy atom. The summed E-state index contributed by atoms with van der Waals surface area (Å²) in [7, 11) is 0. The van der Waals surface area contributed by atoms with Crippen LogP contribution in [0.15, 0.2) is 11.2 Å². The quantitative estimate of drug-likeness (QED) is 0.583. The van der Waals surface area contributed by atoms with Gasteiger partial charge in [0.15, 0.2) is 0 Å². The van der Waals surface area contributed by atoms with Crippen LogP contribution in [-0.2, 0) is 4.74 Å². The first-order valence-corrected chi connectivity index (χ1v) is 9.46. The number of carbonyl (C=O) groups excluding carboxylic acids is 1. The number of thioether (sulfide) groups is 1. The molecule has 2 heterocycles. The maximum atomic E-state index is 12.3. The number of ether oxygens (including phenoxy) is 1. The Labute approximate surface area is 152 Å². The van der Waals surface area contributed by atoms with Crippen LogP contribution in [0.2, 0.25) is 5.02 Å². The molecule has 0 N–H and O–H groups in total. The lowest BCUT2D eigenvalue weighted by Crippen LogP contribution is -2.61. The SMILES string of the molecule is CSc1nc(N2CCN(C(=O)OC(C)(C)C)CC2(C)C)ncc1Cl. The topological polar surface area (TPSA) is 58.6 Å². The van der Waals surface area contributed by atoms with Gasteiger partial charge in [0, 0.05) is 19.6 Å². The molecule has 8 heteroatoms. The molecule has 0 aromatic carbocycles. The molecule has 0 radical (unpaired) electrons. The standard InChI is InChI=1S/C16H25ClN4O2S/c1-15(2,3)23-14(22)20-7-8-21(16(4,5)10-20)13-18-9-11(17)12(19-13)24-6/h9H,7-8,10H2,1-6H3. The summed E-state index contributed by atoms with van der Waals surface area (Å²) in [6.07, 6.45) is 3.28. The van der Waals surface area contributed by atoms with Gasteiger partial charge in [-0.15, -0.1) is 11.8 Å². The number of aromatic nitrogens is 2. The van der Waals surface area contributed by atoms with E-state index in [1.54, 1.807) is 11.1 Å². The molecule has 1 aromatic rings. The van der Waals surface area contributed by atoms with Gasteiger partial charge in [0.1, 0.15) is 10.6 Å². The van der Waals surface area contributed by atoms with Gasteiger partial charge < -0.3 is 14.5 Å². The molecule has 0 bridgehead atoms. The van der Waals surface area contributed by atoms with E-state index < -0.39 is 5.60 Å². The van der Waals surface area contributed by atoms with Crippen LogP contribution in [0.5, 0.6) is 0 Å². The van der Waals surface area contributed by atoms with Gasteiger partial charge in [-0.2, -0.15) is 0 Å². The predicted octanol–water partition coefficient (Wildman–Crippen LogP) is 3.69. The largest absolute Gasteiger partial charge is 0.444 e. The average Bonchev–Trinajstić information content (AvgIpc) is 2.45. The molecule has 2 rings (SSSR count). The maximum absolute atomic E-state index is 12.3. The van der Waals surface area contributed by atoms with E-state index in [1.807, 2.05) is 27.0 Å². The molecule has 1 aliphatic rings. The van der Waals surface area contributed by atoms with Crippen LogP contribution in [0.25, 0.3) is 0 Å². The average molecular weight is 373 g/mol. The van der Waals surface area contributed by atoms with Crippen LogP contribution in [0, 0.1) is 0 Å². The van der Waals surface area contributed by atoms with Crippen LogP contribution in [0.4, 0.5) is 10.7 Å². The Balaban J connectivity index is 2.16. The highest BCUT2D eigenvalue weighted by Crippen LogP contribution is 2.29. The van der Waals surface area contributed by atoms with Crippen molar-refractivity contribution in [1.82, 2.24) is 14.9 Å². The number of hydrogen-bond donors (Lipinski definition) is 0. The normalized spacial score (nSPS) is 17.8. The van der Waals surface area contributed by atoms with E-state index in [0.717, 1.165) is 5.03 Å². The van der Waals surface area contributed by atoms with Crippen molar-refractivity contribution < 1.29 is 9.53 Å². The van der Waals surface area contributed by atoms with Gasteiger partial charge in [-0.05, 0) is 40.9 Å². The van der Waals surface area contributed by atoms with Gasteiger partial charge in [-0.25, -0.2) is 14.8 Å². The van der Waals surface area contributed by atoms with Gasteiger partial charge >= 0.3 is 6.09 Å². The van der Waals surface area contributed by atoms with Crippen molar-refractivity contribution in [3.8, 4) is 0 Å². The molecular weight excluding hydrogens is 348 g/mol. The summed E-state index contributed by atoms with van der Waals surface area (Å²) < 4.78 is 5.48. The maximum Gasteiger partial charge on any atom is 0.410 e. The summed E-state index contributed by atoms with van der Waals surface area (Å²) in [5.41, 5.74) is -0.802. The molecule has 6 nitrogen and oxygen atoms in total. The Morgan fingerprint density at radius 3 is 2.58 bits per heavy atom. The minimum Gasteiger partial charge on any atom is -0.444 e. The summed E-state index contributed by atoms with van der Waals surface area (Å²) >= 11 is 7.59. The molecule has 1 fully saturated rings. The van der Waals surface area contributed by atoms with Crippen LogP contribution < -0.4 is 4.90 Å². The van der Waals surface area contributed by atoms with Crippen LogP contribution >= 0.6 is 23.4 Å². The third kappa shape index (κ3) is 4.45. The van der Waals surface area contributed by atoms with Crippen molar-refractivity contribution in [3.05, 3.63) is 11.2 Å². The zero-order valence-electron chi connectivity index (χ0n) is 15.1. The fourth-order valence-electron chi connectivity index (χ4n) is 2.62. The Morgan fingerprint density at radius 1 is 1.38 bits per heavy atom. The van der Waals surface area contributed by atoms with E-state index in [4.69, 9.17) is 16.3 Å². The van der Waals surface area contributed by atoms with Gasteiger partial charge in [0.25, 0.3) is 0 Å². The summed E-state index contributed by atoms with van der Waals surface area (Å²) in [5, 5.41) is 1.31. The summed E-state index contributed by atoms with van der Waals surface area (Å²) in [5.74, 6) is 0.637. The van der Waals surface area contributed by atoms with E-state index in [2.05, 4.69) is 28.7 Å². The second-order valence-electron chi connectivity index (χ2n) is 7.39. The van der Waals surface area contributed by atoms with Crippen molar-refractivity contribution in [1.29, 1.82) is 0 Å². The number of amides is 1. The van der Waals surface area contributed by atoms with Crippen molar-refractivity contribution in [2.24, 2.45) is 0 Å². The molecule has 134 valence electrons. The lowest BCUT2D eigenvalue weighted by molar-refractivity contribution is 0.0178. The number of nitrogens with zero attached hydrogens (tertiary/aromatic N) is 4. The van der Waals surface area contributed by atoms with Crippen molar-refractivity contribution in [3.63, 3.8) is 0 Å². The fourth-order valence-corrected chi connectivity index (χ4v) is 3.37. The van der Waals surface area contributed by atoms with Gasteiger partial charge in [0.05, 0.1) is 16.8 Å². The third-order valence-electron chi connectivity index (χ3n) is 3.69. The fraction of sp³-hybridized carbons (Fsp3) is 0.688. The van der Waals surface area contributed by atoms with Gasteiger partial charge in [0.2, 0.25) is 5.95 Å². The molecule has 0 saturated carbocycles. The lowest BCUT2D eigenvalue weighted by Gasteiger charge is -2.47. The number of piperazine rings is 1. The summed E-state index contributed by atoms with van der Waals surface area (Å²) in [6, 6.07) is 0. The first-order chi connectivity index (χ1) is 11.0. The van der Waals surface area contributed by atoms with Crippen molar-refractivity contribution >= 4 is 35.4 Å². The molecular formula is C16H25ClN4O2S. The van der Waals surface area contributed by atoms with Crippen LogP contribution in [0.1, 0.15) is 34.6 Å². The molecule has 0 spiro atoms. The number of anilines is 1. The zero-order valence-corrected chi connectivity index (χ0v) is 16.7. The molecule has 0 atom stereocenters. The molecule has 1 aromatic heterocycles. The first kappa shape index (κ1) is 19.1. The van der Waals surface area contributed by atoms with Crippen molar-refractivity contribution in [2.75, 3.05) is 30.8 Å². The van der Waals surface area contributed by atoms with Crippen molar-refractivity contribution in [2.45, 2.75) is 50.8 Å². The van der Waals surface area contributed by atoms with Crippen LogP contribution in [0.3, 0.4) is 0 Å². The molecule has 0 unspecified atom stereocenters. The second kappa shape index (κ2) is 6.96. The van der Waals surface area contributed by atoms with E-state index in [9.17, 15) is 4.79 Å². The molecule has 1 aliphatic heterocycles. The van der Waals surface area contributed by atoms with Gasteiger partial charge in [-0.1, -0.05) is 11.6 Å². The predicted molar refractivity (Wildman–Crippen MR) is 98.1 cm³/mol. The highest BCUT2D eigenvalue weighted by molar-refractivity contribution is 7.98. The Hall–Kier alpha value is -1.21. The van der Waals surface area contributed by atoms with Crippen LogP contribution in [-0.4, -0.2) is 58.0 Å². The summed E-state index contributed by atoms with van der Waals surface area (Å²) in [6.45, 7) is 11.5. The highest BCUT2D eigenvalue weighted by Gasteiger charge is 2.38. The molecule has 1 saturated heterocycles. The minimum absolute atomic E-state index is 0.281. The molecule has 1 amide bonds. The first-order valence-electron chi connectivity index (χ1n) is 7.85. The van der Waals surface area contributed by atoms with E-state index in [1.165, 1.54) is 11.8 Å². The third-order valence-corrected chi connectivity index (χ3v) is 4.77. The molecule has 24 heavy (non-hydrogen) atoms. The monoisotopic (exact) mass is 372 g/mol. The van der Waals surface area contributed by atoms with E-state index in [-0.39, 0.29) is 11.6 Å². The number of halogens is 1. The number of hydrogen-bond acceptors (Lipinski definition) is 6. The highest BCUT2D eigenvalue weighted by atomic mass is 35.5. The zero-order chi connectivity index (χ0) is 18.1. The van der Waals surface area contributed by atoms with E-state index in [0.29, 0.717) is 30.6 Å². The lowest BCUT2D eigenvalue weighted by atomic mass is 9.99. The number of rotatable bonds is 2. The second-order valence-corrected chi connectivity index (χ2v) is 8.60. The Bertz CT molecular complexity index is 619. The van der Waals surface area contributed by atoms with Gasteiger partial charge in [-0.3, -0.25) is 0 Å².